The molecule has 0 aliphatic rings. The van der Waals surface area contributed by atoms with Gasteiger partial charge in [-0.2, -0.15) is 0 Å². The maximum absolute atomic E-state index is 12.3. The van der Waals surface area contributed by atoms with Gasteiger partial charge in [0.1, 0.15) is 0 Å². The molecule has 6 heteroatoms. The molecule has 0 saturated heterocycles. The van der Waals surface area contributed by atoms with Crippen LogP contribution in [0, 0.1) is 6.92 Å². The van der Waals surface area contributed by atoms with E-state index in [2.05, 4.69) is 10.1 Å². The van der Waals surface area contributed by atoms with Crippen molar-refractivity contribution in [1.29, 1.82) is 0 Å². The fourth-order valence-electron chi connectivity index (χ4n) is 2.65. The predicted molar refractivity (Wildman–Crippen MR) is 102 cm³/mol. The summed E-state index contributed by atoms with van der Waals surface area (Å²) in [5.74, 6) is -1.83. The maximum atomic E-state index is 12.3. The van der Waals surface area contributed by atoms with Crippen LogP contribution < -0.4 is 5.32 Å². The van der Waals surface area contributed by atoms with E-state index in [1.54, 1.807) is 19.1 Å². The fourth-order valence-corrected chi connectivity index (χ4v) is 2.65. The molecule has 0 aromatic heterocycles. The molecule has 2 rings (SSSR count). The zero-order valence-electron chi connectivity index (χ0n) is 15.7. The van der Waals surface area contributed by atoms with Crippen molar-refractivity contribution in [3.05, 3.63) is 65.2 Å². The lowest BCUT2D eigenvalue weighted by Crippen LogP contribution is -2.24. The lowest BCUT2D eigenvalue weighted by Gasteiger charge is -2.15. The third kappa shape index (κ3) is 5.41. The summed E-state index contributed by atoms with van der Waals surface area (Å²) >= 11 is 0. The number of rotatable bonds is 7. The number of benzene rings is 2. The van der Waals surface area contributed by atoms with E-state index in [1.165, 1.54) is 13.2 Å². The largest absolute Gasteiger partial charge is 0.465 e. The Morgan fingerprint density at radius 3 is 2.41 bits per heavy atom. The fraction of sp³-hybridized carbons (Fsp3) is 0.286. The number of amides is 1. The molecule has 0 spiro atoms. The van der Waals surface area contributed by atoms with Gasteiger partial charge in [-0.3, -0.25) is 9.59 Å². The number of hydrogen-bond acceptors (Lipinski definition) is 5. The van der Waals surface area contributed by atoms with Crippen molar-refractivity contribution in [1.82, 2.24) is 0 Å². The standard InChI is InChI=1S/C21H23NO5/c1-4-17(15-8-6-5-7-9-15)21(25)27-13-19(23)22-18-12-16(20(24)26-3)11-10-14(18)2/h5-12,17H,4,13H2,1-3H3,(H,22,23)/t17-/m0/s1. The van der Waals surface area contributed by atoms with Crippen LogP contribution in [-0.4, -0.2) is 31.6 Å². The average molecular weight is 369 g/mol. The van der Waals surface area contributed by atoms with E-state index in [0.717, 1.165) is 11.1 Å². The smallest absolute Gasteiger partial charge is 0.337 e. The van der Waals surface area contributed by atoms with Crippen LogP contribution in [-0.2, 0) is 19.1 Å². The van der Waals surface area contributed by atoms with E-state index in [4.69, 9.17) is 4.74 Å². The van der Waals surface area contributed by atoms with Crippen molar-refractivity contribution in [2.75, 3.05) is 19.0 Å². The first-order valence-electron chi connectivity index (χ1n) is 8.66. The van der Waals surface area contributed by atoms with Gasteiger partial charge >= 0.3 is 11.9 Å². The predicted octanol–water partition coefficient (Wildman–Crippen LogP) is 3.46. The van der Waals surface area contributed by atoms with Gasteiger partial charge in [0.2, 0.25) is 0 Å². The number of hydrogen-bond donors (Lipinski definition) is 1. The molecule has 1 amide bonds. The van der Waals surface area contributed by atoms with Crippen LogP contribution in [0.15, 0.2) is 48.5 Å². The van der Waals surface area contributed by atoms with Crippen LogP contribution in [0.5, 0.6) is 0 Å². The Bertz CT molecular complexity index is 817. The molecule has 0 unspecified atom stereocenters. The van der Waals surface area contributed by atoms with Gasteiger partial charge in [-0.05, 0) is 36.6 Å². The SMILES string of the molecule is CC[C@H](C(=O)OCC(=O)Nc1cc(C(=O)OC)ccc1C)c1ccccc1. The third-order valence-electron chi connectivity index (χ3n) is 4.17. The number of esters is 2. The molecule has 2 aromatic carbocycles. The number of methoxy groups -OCH3 is 1. The van der Waals surface area contributed by atoms with Gasteiger partial charge in [-0.15, -0.1) is 0 Å². The number of carbonyl (C=O) groups excluding carboxylic acids is 3. The molecular formula is C21H23NO5. The number of anilines is 1. The first kappa shape index (κ1) is 20.2. The van der Waals surface area contributed by atoms with Gasteiger partial charge in [0.25, 0.3) is 5.91 Å². The number of carbonyl (C=O) groups is 3. The summed E-state index contributed by atoms with van der Waals surface area (Å²) in [4.78, 5) is 36.1. The summed E-state index contributed by atoms with van der Waals surface area (Å²) in [6.07, 6.45) is 0.574. The van der Waals surface area contributed by atoms with E-state index < -0.39 is 30.4 Å². The van der Waals surface area contributed by atoms with Crippen molar-refractivity contribution in [3.63, 3.8) is 0 Å². The number of ether oxygens (including phenoxy) is 2. The van der Waals surface area contributed by atoms with Crippen molar-refractivity contribution >= 4 is 23.5 Å². The van der Waals surface area contributed by atoms with Gasteiger partial charge in [-0.1, -0.05) is 43.3 Å². The second-order valence-corrected chi connectivity index (χ2v) is 6.05. The molecule has 1 N–H and O–H groups in total. The van der Waals surface area contributed by atoms with Crippen LogP contribution in [0.1, 0.15) is 40.7 Å². The second-order valence-electron chi connectivity index (χ2n) is 6.05. The van der Waals surface area contributed by atoms with Crippen LogP contribution in [0.2, 0.25) is 0 Å². The normalized spacial score (nSPS) is 11.4. The molecule has 0 fully saturated rings. The molecule has 0 bridgehead atoms. The number of nitrogens with one attached hydrogen (secondary N) is 1. The minimum Gasteiger partial charge on any atom is -0.465 e. The van der Waals surface area contributed by atoms with E-state index in [0.29, 0.717) is 17.7 Å². The summed E-state index contributed by atoms with van der Waals surface area (Å²) in [5, 5.41) is 2.66. The quantitative estimate of drug-likeness (QED) is 0.756. The van der Waals surface area contributed by atoms with Crippen LogP contribution >= 0.6 is 0 Å². The minimum absolute atomic E-state index is 0.325. The van der Waals surface area contributed by atoms with E-state index in [9.17, 15) is 14.4 Å². The molecule has 0 heterocycles. The van der Waals surface area contributed by atoms with E-state index >= 15 is 0 Å². The lowest BCUT2D eigenvalue weighted by molar-refractivity contribution is -0.149. The van der Waals surface area contributed by atoms with E-state index in [-0.39, 0.29) is 0 Å². The minimum atomic E-state index is -0.495. The van der Waals surface area contributed by atoms with Gasteiger partial charge in [0.05, 0.1) is 18.6 Å². The van der Waals surface area contributed by atoms with Crippen molar-refractivity contribution in [3.8, 4) is 0 Å². The summed E-state index contributed by atoms with van der Waals surface area (Å²) in [6, 6.07) is 14.1. The van der Waals surface area contributed by atoms with Crippen LogP contribution in [0.4, 0.5) is 5.69 Å². The molecular weight excluding hydrogens is 346 g/mol. The highest BCUT2D eigenvalue weighted by molar-refractivity contribution is 5.96. The van der Waals surface area contributed by atoms with Gasteiger partial charge < -0.3 is 14.8 Å². The highest BCUT2D eigenvalue weighted by Gasteiger charge is 2.21. The van der Waals surface area contributed by atoms with Crippen molar-refractivity contribution in [2.45, 2.75) is 26.2 Å². The molecule has 0 saturated carbocycles. The topological polar surface area (TPSA) is 81.7 Å². The summed E-state index contributed by atoms with van der Waals surface area (Å²) in [5.41, 5.74) is 2.42. The Balaban J connectivity index is 1.98. The molecule has 0 radical (unpaired) electrons. The molecule has 2 aromatic rings. The average Bonchev–Trinajstić information content (AvgIpc) is 2.69. The molecule has 27 heavy (non-hydrogen) atoms. The number of aryl methyl sites for hydroxylation is 1. The molecule has 142 valence electrons. The first-order valence-corrected chi connectivity index (χ1v) is 8.66. The summed E-state index contributed by atoms with van der Waals surface area (Å²) in [6.45, 7) is 3.29. The first-order chi connectivity index (χ1) is 13.0. The van der Waals surface area contributed by atoms with E-state index in [1.807, 2.05) is 37.3 Å². The monoisotopic (exact) mass is 369 g/mol. The van der Waals surface area contributed by atoms with Gasteiger partial charge in [0, 0.05) is 5.69 Å². The van der Waals surface area contributed by atoms with Crippen LogP contribution in [0.25, 0.3) is 0 Å². The summed E-state index contributed by atoms with van der Waals surface area (Å²) < 4.78 is 9.85. The van der Waals surface area contributed by atoms with Gasteiger partial charge in [-0.25, -0.2) is 4.79 Å². The second kappa shape index (κ2) is 9.52. The zero-order valence-corrected chi connectivity index (χ0v) is 15.7. The Morgan fingerprint density at radius 2 is 1.78 bits per heavy atom. The lowest BCUT2D eigenvalue weighted by atomic mass is 9.97. The van der Waals surface area contributed by atoms with Crippen LogP contribution in [0.3, 0.4) is 0 Å². The maximum Gasteiger partial charge on any atom is 0.337 e. The Kier molecular flexibility index (Phi) is 7.11. The van der Waals surface area contributed by atoms with Crippen molar-refractivity contribution < 1.29 is 23.9 Å². The third-order valence-corrected chi connectivity index (χ3v) is 4.17. The highest BCUT2D eigenvalue weighted by atomic mass is 16.5. The molecule has 0 aliphatic heterocycles. The van der Waals surface area contributed by atoms with Crippen molar-refractivity contribution in [2.24, 2.45) is 0 Å². The summed E-state index contributed by atoms with van der Waals surface area (Å²) in [7, 11) is 1.29. The Morgan fingerprint density at radius 1 is 1.07 bits per heavy atom. The Hall–Kier alpha value is -3.15. The zero-order chi connectivity index (χ0) is 19.8. The molecule has 6 nitrogen and oxygen atoms in total. The molecule has 0 aliphatic carbocycles. The highest BCUT2D eigenvalue weighted by Crippen LogP contribution is 2.21. The molecule has 1 atom stereocenters. The Labute approximate surface area is 158 Å². The van der Waals surface area contributed by atoms with Gasteiger partial charge in [0.15, 0.2) is 6.61 Å².